The summed E-state index contributed by atoms with van der Waals surface area (Å²) in [4.78, 5) is 67.3. The van der Waals surface area contributed by atoms with Crippen molar-refractivity contribution in [2.75, 3.05) is 0 Å². The minimum absolute atomic E-state index is 0.129. The van der Waals surface area contributed by atoms with Gasteiger partial charge < -0.3 is 10.2 Å². The van der Waals surface area contributed by atoms with Crippen LogP contribution in [0.1, 0.15) is 33.6 Å². The van der Waals surface area contributed by atoms with Crippen LogP contribution in [0.15, 0.2) is 36.4 Å². The van der Waals surface area contributed by atoms with E-state index < -0.39 is 35.7 Å². The molecule has 2 aliphatic heterocycles. The van der Waals surface area contributed by atoms with Gasteiger partial charge in [0.1, 0.15) is 6.04 Å². The molecule has 2 heterocycles. The van der Waals surface area contributed by atoms with Crippen LogP contribution in [0, 0.1) is 0 Å². The number of nitrogens with one attached hydrogen (secondary N) is 1. The fourth-order valence-electron chi connectivity index (χ4n) is 2.56. The number of aliphatic carboxylic acids is 2. The van der Waals surface area contributed by atoms with Gasteiger partial charge in [-0.3, -0.25) is 29.4 Å². The summed E-state index contributed by atoms with van der Waals surface area (Å²) >= 11 is 0. The molecule has 10 nitrogen and oxygen atoms in total. The Hall–Kier alpha value is -3.82. The van der Waals surface area contributed by atoms with Gasteiger partial charge >= 0.3 is 11.9 Å². The van der Waals surface area contributed by atoms with Crippen molar-refractivity contribution in [3.05, 3.63) is 47.5 Å². The lowest BCUT2D eigenvalue weighted by molar-refractivity contribution is -0.136. The van der Waals surface area contributed by atoms with Crippen LogP contribution in [0.3, 0.4) is 0 Å². The summed E-state index contributed by atoms with van der Waals surface area (Å²) in [6, 6.07) is 5.55. The van der Waals surface area contributed by atoms with Crippen LogP contribution in [-0.4, -0.2) is 56.7 Å². The number of carbonyl (C=O) groups excluding carboxylic acids is 4. The number of carbonyl (C=O) groups is 6. The zero-order chi connectivity index (χ0) is 20.1. The van der Waals surface area contributed by atoms with Crippen molar-refractivity contribution in [1.29, 1.82) is 0 Å². The number of carboxylic acid groups (broad SMARTS) is 2. The highest BCUT2D eigenvalue weighted by Gasteiger charge is 2.44. The Bertz CT molecular complexity index is 822. The van der Waals surface area contributed by atoms with Gasteiger partial charge in [0, 0.05) is 18.6 Å². The van der Waals surface area contributed by atoms with Crippen LogP contribution >= 0.6 is 0 Å². The second-order valence-corrected chi connectivity index (χ2v) is 5.50. The maximum atomic E-state index is 12.2. The molecule has 1 saturated heterocycles. The quantitative estimate of drug-likeness (QED) is 0.485. The van der Waals surface area contributed by atoms with E-state index >= 15 is 0 Å². The molecule has 0 aliphatic carbocycles. The van der Waals surface area contributed by atoms with Crippen molar-refractivity contribution >= 4 is 35.6 Å². The predicted molar refractivity (Wildman–Crippen MR) is 87.5 cm³/mol. The molecule has 4 amide bonds. The molecule has 1 unspecified atom stereocenters. The molecule has 0 radical (unpaired) electrons. The Labute approximate surface area is 152 Å². The third-order valence-corrected chi connectivity index (χ3v) is 3.72. The van der Waals surface area contributed by atoms with E-state index in [1.54, 1.807) is 24.3 Å². The SMILES string of the molecule is O=C(O)/C=C/C(=O)O.O=C1CCC(N2C(=O)c3ccccc3C2=O)C(=O)N1. The molecule has 0 saturated carbocycles. The molecule has 1 atom stereocenters. The predicted octanol–water partition coefficient (Wildman–Crippen LogP) is -0.200. The highest BCUT2D eigenvalue weighted by Crippen LogP contribution is 2.26. The number of hydrogen-bond donors (Lipinski definition) is 3. The molecular weight excluding hydrogens is 360 g/mol. The van der Waals surface area contributed by atoms with Crippen LogP contribution in [0.4, 0.5) is 0 Å². The summed E-state index contributed by atoms with van der Waals surface area (Å²) in [7, 11) is 0. The molecule has 1 fully saturated rings. The summed E-state index contributed by atoms with van der Waals surface area (Å²) in [6.07, 6.45) is 1.42. The standard InChI is InChI=1S/C13H10N2O4.C4H4O4/c16-10-6-5-9(11(17)14-10)15-12(18)7-3-1-2-4-8(7)13(15)19;5-3(6)1-2-4(7)8/h1-4,9H,5-6H2,(H,14,16,17);1-2H,(H,5,6)(H,7,8)/b;2-1+. The van der Waals surface area contributed by atoms with Crippen molar-refractivity contribution in [1.82, 2.24) is 10.2 Å². The molecule has 0 spiro atoms. The van der Waals surface area contributed by atoms with E-state index in [9.17, 15) is 28.8 Å². The average molecular weight is 374 g/mol. The largest absolute Gasteiger partial charge is 0.478 e. The van der Waals surface area contributed by atoms with Gasteiger partial charge in [0.15, 0.2) is 0 Å². The first-order valence-electron chi connectivity index (χ1n) is 7.67. The average Bonchev–Trinajstić information content (AvgIpc) is 2.86. The van der Waals surface area contributed by atoms with E-state index in [0.29, 0.717) is 23.3 Å². The number of benzene rings is 1. The van der Waals surface area contributed by atoms with Crippen LogP contribution in [0.5, 0.6) is 0 Å². The second kappa shape index (κ2) is 8.04. The van der Waals surface area contributed by atoms with Gasteiger partial charge in [0.05, 0.1) is 11.1 Å². The molecule has 27 heavy (non-hydrogen) atoms. The molecule has 0 bridgehead atoms. The van der Waals surface area contributed by atoms with Crippen LogP contribution in [-0.2, 0) is 19.2 Å². The first-order chi connectivity index (χ1) is 12.7. The summed E-state index contributed by atoms with van der Waals surface area (Å²) in [5.41, 5.74) is 0.606. The van der Waals surface area contributed by atoms with E-state index in [1.807, 2.05) is 0 Å². The number of hydrogen-bond acceptors (Lipinski definition) is 6. The van der Waals surface area contributed by atoms with Crippen LogP contribution in [0.25, 0.3) is 0 Å². The first kappa shape index (κ1) is 19.5. The van der Waals surface area contributed by atoms with E-state index in [1.165, 1.54) is 0 Å². The van der Waals surface area contributed by atoms with Gasteiger partial charge in [-0.25, -0.2) is 9.59 Å². The van der Waals surface area contributed by atoms with Crippen molar-refractivity contribution in [3.63, 3.8) is 0 Å². The van der Waals surface area contributed by atoms with Gasteiger partial charge in [0.2, 0.25) is 11.8 Å². The van der Waals surface area contributed by atoms with Gasteiger partial charge in [-0.1, -0.05) is 12.1 Å². The number of amides is 4. The van der Waals surface area contributed by atoms with Crippen LogP contribution in [0.2, 0.25) is 0 Å². The third-order valence-electron chi connectivity index (χ3n) is 3.72. The van der Waals surface area contributed by atoms with Gasteiger partial charge in [-0.15, -0.1) is 0 Å². The molecule has 2 aliphatic rings. The molecule has 140 valence electrons. The smallest absolute Gasteiger partial charge is 0.328 e. The Morgan fingerprint density at radius 3 is 1.85 bits per heavy atom. The van der Waals surface area contributed by atoms with E-state index in [4.69, 9.17) is 10.2 Å². The number of fused-ring (bicyclic) bond motifs is 1. The minimum Gasteiger partial charge on any atom is -0.478 e. The molecular formula is C17H14N2O8. The lowest BCUT2D eigenvalue weighted by atomic mass is 10.0. The Morgan fingerprint density at radius 2 is 1.44 bits per heavy atom. The topological polar surface area (TPSA) is 158 Å². The van der Waals surface area contributed by atoms with E-state index in [0.717, 1.165) is 4.90 Å². The van der Waals surface area contributed by atoms with Gasteiger partial charge in [-0.2, -0.15) is 0 Å². The molecule has 10 heteroatoms. The second-order valence-electron chi connectivity index (χ2n) is 5.50. The highest BCUT2D eigenvalue weighted by molar-refractivity contribution is 6.23. The summed E-state index contributed by atoms with van der Waals surface area (Å²) < 4.78 is 0. The normalized spacial score (nSPS) is 18.7. The van der Waals surface area contributed by atoms with Gasteiger partial charge in [0.25, 0.3) is 11.8 Å². The number of piperidine rings is 1. The maximum Gasteiger partial charge on any atom is 0.328 e. The van der Waals surface area contributed by atoms with E-state index in [2.05, 4.69) is 5.32 Å². The maximum absolute atomic E-state index is 12.2. The third kappa shape index (κ3) is 4.42. The van der Waals surface area contributed by atoms with Crippen LogP contribution < -0.4 is 5.32 Å². The van der Waals surface area contributed by atoms with Crippen molar-refractivity contribution < 1.29 is 39.0 Å². The molecule has 0 aromatic heterocycles. The number of rotatable bonds is 3. The summed E-state index contributed by atoms with van der Waals surface area (Å²) in [5, 5.41) is 17.8. The first-order valence-corrected chi connectivity index (χ1v) is 7.67. The monoisotopic (exact) mass is 374 g/mol. The Morgan fingerprint density at radius 1 is 0.963 bits per heavy atom. The number of carboxylic acids is 2. The summed E-state index contributed by atoms with van der Waals surface area (Å²) in [6.45, 7) is 0. The lowest BCUT2D eigenvalue weighted by Crippen LogP contribution is -2.54. The fourth-order valence-corrected chi connectivity index (χ4v) is 2.56. The summed E-state index contributed by atoms with van der Waals surface area (Å²) in [5.74, 6) is -4.44. The molecule has 3 rings (SSSR count). The lowest BCUT2D eigenvalue weighted by Gasteiger charge is -2.27. The van der Waals surface area contributed by atoms with Crippen molar-refractivity contribution in [2.24, 2.45) is 0 Å². The molecule has 3 N–H and O–H groups in total. The molecule has 1 aromatic carbocycles. The number of imide groups is 2. The van der Waals surface area contributed by atoms with E-state index in [-0.39, 0.29) is 18.7 Å². The molecule has 1 aromatic rings. The van der Waals surface area contributed by atoms with Crippen molar-refractivity contribution in [2.45, 2.75) is 18.9 Å². The minimum atomic E-state index is -1.26. The highest BCUT2D eigenvalue weighted by atomic mass is 16.4. The zero-order valence-corrected chi connectivity index (χ0v) is 13.7. The Kier molecular flexibility index (Phi) is 5.81. The Balaban J connectivity index is 0.000000279. The zero-order valence-electron chi connectivity index (χ0n) is 13.7. The fraction of sp³-hybridized carbons (Fsp3) is 0.176. The number of nitrogens with zero attached hydrogens (tertiary/aromatic N) is 1. The van der Waals surface area contributed by atoms with Gasteiger partial charge in [-0.05, 0) is 18.6 Å². The van der Waals surface area contributed by atoms with Crippen molar-refractivity contribution in [3.8, 4) is 0 Å².